The number of amides is 1. The summed E-state index contributed by atoms with van der Waals surface area (Å²) in [6, 6.07) is 7.50. The van der Waals surface area contributed by atoms with Gasteiger partial charge in [-0.1, -0.05) is 25.1 Å². The molecule has 0 bridgehead atoms. The number of H-pyrrole nitrogens is 1. The second kappa shape index (κ2) is 4.57. The van der Waals surface area contributed by atoms with Gasteiger partial charge in [0.15, 0.2) is 0 Å². The van der Waals surface area contributed by atoms with Gasteiger partial charge in [-0.15, -0.1) is 0 Å². The van der Waals surface area contributed by atoms with Crippen molar-refractivity contribution in [3.63, 3.8) is 0 Å². The van der Waals surface area contributed by atoms with Crippen LogP contribution in [-0.4, -0.2) is 21.1 Å². The number of aromatic amines is 1. The van der Waals surface area contributed by atoms with Gasteiger partial charge in [0, 0.05) is 5.56 Å². The first kappa shape index (κ1) is 10.4. The summed E-state index contributed by atoms with van der Waals surface area (Å²) in [5, 5.41) is 8.89. The molecule has 1 amide bonds. The maximum Gasteiger partial charge on any atom is 0.258 e. The molecule has 0 saturated carbocycles. The van der Waals surface area contributed by atoms with Gasteiger partial charge < -0.3 is 0 Å². The molecule has 0 unspecified atom stereocenters. The van der Waals surface area contributed by atoms with E-state index in [1.165, 1.54) is 6.33 Å². The highest BCUT2D eigenvalue weighted by Gasteiger charge is 2.10. The van der Waals surface area contributed by atoms with Gasteiger partial charge in [0.2, 0.25) is 5.95 Å². The molecule has 0 saturated heterocycles. The van der Waals surface area contributed by atoms with Crippen LogP contribution in [0.2, 0.25) is 0 Å². The van der Waals surface area contributed by atoms with Crippen LogP contribution in [0.1, 0.15) is 22.8 Å². The minimum Gasteiger partial charge on any atom is -0.291 e. The Bertz CT molecular complexity index is 478. The van der Waals surface area contributed by atoms with Crippen molar-refractivity contribution < 1.29 is 4.79 Å². The lowest BCUT2D eigenvalue weighted by molar-refractivity contribution is 0.102. The zero-order valence-corrected chi connectivity index (χ0v) is 8.90. The fourth-order valence-corrected chi connectivity index (χ4v) is 1.49. The number of anilines is 1. The Morgan fingerprint density at radius 1 is 1.44 bits per heavy atom. The van der Waals surface area contributed by atoms with Crippen LogP contribution in [0.5, 0.6) is 0 Å². The number of rotatable bonds is 3. The molecule has 0 spiro atoms. The fraction of sp³-hybridized carbons (Fsp3) is 0.182. The molecule has 5 nitrogen and oxygen atoms in total. The third-order valence-electron chi connectivity index (χ3n) is 2.29. The third kappa shape index (κ3) is 2.08. The van der Waals surface area contributed by atoms with Crippen molar-refractivity contribution in [3.8, 4) is 0 Å². The molecule has 0 atom stereocenters. The van der Waals surface area contributed by atoms with E-state index in [0.717, 1.165) is 12.0 Å². The molecular formula is C11H12N4O. The van der Waals surface area contributed by atoms with E-state index < -0.39 is 0 Å². The largest absolute Gasteiger partial charge is 0.291 e. The average molecular weight is 216 g/mol. The Morgan fingerprint density at radius 3 is 2.94 bits per heavy atom. The maximum atomic E-state index is 11.9. The Morgan fingerprint density at radius 2 is 2.25 bits per heavy atom. The number of carbonyl (C=O) groups excluding carboxylic acids is 1. The van der Waals surface area contributed by atoms with Crippen molar-refractivity contribution in [2.75, 3.05) is 5.32 Å². The van der Waals surface area contributed by atoms with Crippen LogP contribution in [0.3, 0.4) is 0 Å². The quantitative estimate of drug-likeness (QED) is 0.819. The molecule has 1 aromatic heterocycles. The lowest BCUT2D eigenvalue weighted by Crippen LogP contribution is -2.14. The van der Waals surface area contributed by atoms with Crippen molar-refractivity contribution in [1.29, 1.82) is 0 Å². The highest BCUT2D eigenvalue weighted by atomic mass is 16.1. The van der Waals surface area contributed by atoms with Crippen LogP contribution >= 0.6 is 0 Å². The third-order valence-corrected chi connectivity index (χ3v) is 2.29. The van der Waals surface area contributed by atoms with E-state index >= 15 is 0 Å². The molecule has 2 rings (SSSR count). The standard InChI is InChI=1S/C11H12N4O/c1-2-8-5-3-4-6-9(8)10(16)14-11-12-7-13-15-11/h3-7H,2H2,1H3,(H2,12,13,14,15,16). The molecule has 16 heavy (non-hydrogen) atoms. The van der Waals surface area contributed by atoms with E-state index in [0.29, 0.717) is 11.5 Å². The molecule has 1 heterocycles. The minimum atomic E-state index is -0.172. The Balaban J connectivity index is 2.21. The zero-order valence-electron chi connectivity index (χ0n) is 8.90. The van der Waals surface area contributed by atoms with Crippen molar-refractivity contribution >= 4 is 11.9 Å². The summed E-state index contributed by atoms with van der Waals surface area (Å²) in [5.74, 6) is 0.185. The van der Waals surface area contributed by atoms with Crippen molar-refractivity contribution in [2.45, 2.75) is 13.3 Å². The highest BCUT2D eigenvalue weighted by Crippen LogP contribution is 2.10. The molecule has 2 N–H and O–H groups in total. The zero-order chi connectivity index (χ0) is 11.4. The topological polar surface area (TPSA) is 70.7 Å². The first-order chi connectivity index (χ1) is 7.81. The van der Waals surface area contributed by atoms with Crippen molar-refractivity contribution in [3.05, 3.63) is 41.7 Å². The van der Waals surface area contributed by atoms with Crippen molar-refractivity contribution in [2.24, 2.45) is 0 Å². The number of nitrogens with one attached hydrogen (secondary N) is 2. The second-order valence-corrected chi connectivity index (χ2v) is 3.30. The Hall–Kier alpha value is -2.17. The minimum absolute atomic E-state index is 0.172. The van der Waals surface area contributed by atoms with Gasteiger partial charge in [-0.05, 0) is 18.1 Å². The van der Waals surface area contributed by atoms with Crippen molar-refractivity contribution in [1.82, 2.24) is 15.2 Å². The second-order valence-electron chi connectivity index (χ2n) is 3.30. The molecule has 1 aromatic carbocycles. The van der Waals surface area contributed by atoms with Gasteiger partial charge in [0.1, 0.15) is 6.33 Å². The number of hydrogen-bond donors (Lipinski definition) is 2. The average Bonchev–Trinajstić information content (AvgIpc) is 2.81. The molecule has 0 aliphatic carbocycles. The number of aromatic nitrogens is 3. The summed E-state index contributed by atoms with van der Waals surface area (Å²) >= 11 is 0. The molecule has 2 aromatic rings. The van der Waals surface area contributed by atoms with Gasteiger partial charge in [-0.2, -0.15) is 10.1 Å². The first-order valence-corrected chi connectivity index (χ1v) is 5.06. The number of hydrogen-bond acceptors (Lipinski definition) is 3. The van der Waals surface area contributed by atoms with E-state index in [1.54, 1.807) is 6.07 Å². The van der Waals surface area contributed by atoms with E-state index in [4.69, 9.17) is 0 Å². The predicted octanol–water partition coefficient (Wildman–Crippen LogP) is 1.62. The van der Waals surface area contributed by atoms with Crippen LogP contribution in [0, 0.1) is 0 Å². The molecule has 0 aliphatic rings. The summed E-state index contributed by atoms with van der Waals surface area (Å²) in [5.41, 5.74) is 1.68. The van der Waals surface area contributed by atoms with Gasteiger partial charge in [-0.3, -0.25) is 10.1 Å². The van der Waals surface area contributed by atoms with E-state index in [1.807, 2.05) is 25.1 Å². The molecule has 0 radical (unpaired) electrons. The number of carbonyl (C=O) groups is 1. The van der Waals surface area contributed by atoms with Gasteiger partial charge in [0.05, 0.1) is 0 Å². The Labute approximate surface area is 92.9 Å². The van der Waals surface area contributed by atoms with Gasteiger partial charge >= 0.3 is 0 Å². The van der Waals surface area contributed by atoms with Crippen LogP contribution < -0.4 is 5.32 Å². The lowest BCUT2D eigenvalue weighted by atomic mass is 10.1. The summed E-state index contributed by atoms with van der Waals surface area (Å²) < 4.78 is 0. The SMILES string of the molecule is CCc1ccccc1C(=O)Nc1ncn[nH]1. The molecule has 0 fully saturated rings. The van der Waals surface area contributed by atoms with Gasteiger partial charge in [0.25, 0.3) is 5.91 Å². The van der Waals surface area contributed by atoms with E-state index in [-0.39, 0.29) is 5.91 Å². The monoisotopic (exact) mass is 216 g/mol. The highest BCUT2D eigenvalue weighted by molar-refractivity contribution is 6.04. The maximum absolute atomic E-state index is 11.9. The van der Waals surface area contributed by atoms with Crippen LogP contribution in [-0.2, 0) is 6.42 Å². The number of nitrogens with zero attached hydrogens (tertiary/aromatic N) is 2. The summed E-state index contributed by atoms with van der Waals surface area (Å²) in [6.45, 7) is 2.01. The summed E-state index contributed by atoms with van der Waals surface area (Å²) in [4.78, 5) is 15.7. The van der Waals surface area contributed by atoms with Crippen LogP contribution in [0.25, 0.3) is 0 Å². The fourth-order valence-electron chi connectivity index (χ4n) is 1.49. The summed E-state index contributed by atoms with van der Waals surface area (Å²) in [7, 11) is 0. The van der Waals surface area contributed by atoms with E-state index in [9.17, 15) is 4.79 Å². The van der Waals surface area contributed by atoms with Crippen LogP contribution in [0.15, 0.2) is 30.6 Å². The number of benzene rings is 1. The normalized spacial score (nSPS) is 10.1. The number of aryl methyl sites for hydroxylation is 1. The first-order valence-electron chi connectivity index (χ1n) is 5.06. The predicted molar refractivity (Wildman–Crippen MR) is 60.2 cm³/mol. The summed E-state index contributed by atoms with van der Waals surface area (Å²) in [6.07, 6.45) is 2.17. The molecule has 0 aliphatic heterocycles. The Kier molecular flexibility index (Phi) is 2.95. The lowest BCUT2D eigenvalue weighted by Gasteiger charge is -2.06. The molecule has 5 heteroatoms. The molecular weight excluding hydrogens is 204 g/mol. The smallest absolute Gasteiger partial charge is 0.258 e. The van der Waals surface area contributed by atoms with E-state index in [2.05, 4.69) is 20.5 Å². The van der Waals surface area contributed by atoms with Gasteiger partial charge in [-0.25, -0.2) is 5.10 Å². The molecule has 82 valence electrons. The van der Waals surface area contributed by atoms with Crippen LogP contribution in [0.4, 0.5) is 5.95 Å².